The minimum Gasteiger partial charge on any atom is -0.497 e. The van der Waals surface area contributed by atoms with Crippen LogP contribution < -0.4 is 14.8 Å². The summed E-state index contributed by atoms with van der Waals surface area (Å²) in [4.78, 5) is 18.5. The van der Waals surface area contributed by atoms with Crippen LogP contribution in [0.5, 0.6) is 11.5 Å². The molecule has 30 heavy (non-hydrogen) atoms. The number of carbonyl (C=O) groups is 1. The molecule has 1 aromatic carbocycles. The predicted molar refractivity (Wildman–Crippen MR) is 111 cm³/mol. The lowest BCUT2D eigenvalue weighted by molar-refractivity contribution is 0.214. The number of sulfonamides is 1. The lowest BCUT2D eigenvalue weighted by Crippen LogP contribution is -2.39. The summed E-state index contributed by atoms with van der Waals surface area (Å²) >= 11 is 0. The first-order chi connectivity index (χ1) is 14.2. The highest BCUT2D eigenvalue weighted by Crippen LogP contribution is 2.26. The van der Waals surface area contributed by atoms with Crippen LogP contribution in [0.4, 0.5) is 10.5 Å². The average molecular weight is 438 g/mol. The highest BCUT2D eigenvalue weighted by atomic mass is 32.2. The third kappa shape index (κ3) is 4.68. The fourth-order valence-corrected chi connectivity index (χ4v) is 4.70. The molecule has 1 fully saturated rings. The van der Waals surface area contributed by atoms with Crippen LogP contribution in [0.1, 0.15) is 12.2 Å². The number of imidazole rings is 1. The number of urea groups is 1. The summed E-state index contributed by atoms with van der Waals surface area (Å²) in [6.45, 7) is 3.00. The first-order valence-corrected chi connectivity index (χ1v) is 11.0. The summed E-state index contributed by atoms with van der Waals surface area (Å²) in [5.74, 6) is 1.74. The standard InChI is InChI=1S/C19H27N5O5S/c1-14-20-18(13-22(14)2)30(26,27)24-7-5-6-23(8-9-24)19(25)21-15-10-16(28-3)12-17(11-15)29-4/h10-13H,5-9H2,1-4H3,(H,21,25). The van der Waals surface area contributed by atoms with Gasteiger partial charge < -0.3 is 24.3 Å². The molecule has 0 aliphatic carbocycles. The van der Waals surface area contributed by atoms with Gasteiger partial charge in [-0.3, -0.25) is 0 Å². The van der Waals surface area contributed by atoms with Crippen LogP contribution in [0.3, 0.4) is 0 Å². The van der Waals surface area contributed by atoms with Crippen LogP contribution in [-0.4, -0.2) is 73.6 Å². The van der Waals surface area contributed by atoms with Gasteiger partial charge in [-0.2, -0.15) is 4.31 Å². The van der Waals surface area contributed by atoms with E-state index in [1.807, 2.05) is 0 Å². The minimum atomic E-state index is -3.70. The molecule has 1 aliphatic rings. The van der Waals surface area contributed by atoms with Gasteiger partial charge in [-0.05, 0) is 13.3 Å². The van der Waals surface area contributed by atoms with E-state index in [9.17, 15) is 13.2 Å². The van der Waals surface area contributed by atoms with Crippen molar-refractivity contribution in [3.63, 3.8) is 0 Å². The van der Waals surface area contributed by atoms with E-state index in [4.69, 9.17) is 9.47 Å². The topological polar surface area (TPSA) is 106 Å². The second kappa shape index (κ2) is 8.92. The normalized spacial score (nSPS) is 15.5. The van der Waals surface area contributed by atoms with E-state index in [1.165, 1.54) is 24.7 Å². The third-order valence-electron chi connectivity index (χ3n) is 5.04. The molecule has 0 bridgehead atoms. The van der Waals surface area contributed by atoms with Gasteiger partial charge in [0.1, 0.15) is 17.3 Å². The number of nitrogens with one attached hydrogen (secondary N) is 1. The van der Waals surface area contributed by atoms with Crippen LogP contribution in [-0.2, 0) is 17.1 Å². The Balaban J connectivity index is 1.68. The van der Waals surface area contributed by atoms with Crippen molar-refractivity contribution in [2.45, 2.75) is 18.4 Å². The van der Waals surface area contributed by atoms with Gasteiger partial charge in [0, 0.05) is 63.3 Å². The van der Waals surface area contributed by atoms with Crippen LogP contribution in [0, 0.1) is 6.92 Å². The van der Waals surface area contributed by atoms with Crippen molar-refractivity contribution in [3.05, 3.63) is 30.2 Å². The number of rotatable bonds is 5. The molecule has 0 unspecified atom stereocenters. The fraction of sp³-hybridized carbons (Fsp3) is 0.474. The molecule has 10 nitrogen and oxygen atoms in total. The molecule has 3 rings (SSSR count). The molecular weight excluding hydrogens is 410 g/mol. The van der Waals surface area contributed by atoms with Crippen molar-refractivity contribution in [2.24, 2.45) is 7.05 Å². The average Bonchev–Trinajstić information content (AvgIpc) is 2.93. The monoisotopic (exact) mass is 437 g/mol. The summed E-state index contributed by atoms with van der Waals surface area (Å²) in [6, 6.07) is 4.79. The second-order valence-corrected chi connectivity index (χ2v) is 8.90. The summed E-state index contributed by atoms with van der Waals surface area (Å²) in [6.07, 6.45) is 2.04. The second-order valence-electron chi connectivity index (χ2n) is 7.01. The summed E-state index contributed by atoms with van der Waals surface area (Å²) in [5, 5.41) is 2.86. The quantitative estimate of drug-likeness (QED) is 0.763. The minimum absolute atomic E-state index is 0.0314. The summed E-state index contributed by atoms with van der Waals surface area (Å²) < 4.78 is 39.3. The Labute approximate surface area is 176 Å². The Hall–Kier alpha value is -2.79. The maximum atomic E-state index is 12.9. The predicted octanol–water partition coefficient (Wildman–Crippen LogP) is 1.67. The van der Waals surface area contributed by atoms with Crippen molar-refractivity contribution in [2.75, 3.05) is 45.7 Å². The number of benzene rings is 1. The Morgan fingerprint density at radius 1 is 1.07 bits per heavy atom. The van der Waals surface area contributed by atoms with Crippen molar-refractivity contribution in [1.82, 2.24) is 18.8 Å². The molecule has 1 aromatic heterocycles. The van der Waals surface area contributed by atoms with E-state index in [0.29, 0.717) is 42.5 Å². The van der Waals surface area contributed by atoms with Gasteiger partial charge in [0.25, 0.3) is 10.0 Å². The van der Waals surface area contributed by atoms with Crippen LogP contribution in [0.25, 0.3) is 0 Å². The molecule has 164 valence electrons. The number of ether oxygens (including phenoxy) is 2. The van der Waals surface area contributed by atoms with Gasteiger partial charge >= 0.3 is 6.03 Å². The third-order valence-corrected chi connectivity index (χ3v) is 6.81. The number of nitrogens with zero attached hydrogens (tertiary/aromatic N) is 4. The number of hydrogen-bond donors (Lipinski definition) is 1. The summed E-state index contributed by atoms with van der Waals surface area (Å²) in [7, 11) is 1.12. The number of carbonyl (C=O) groups excluding carboxylic acids is 1. The van der Waals surface area contributed by atoms with Gasteiger partial charge in [0.05, 0.1) is 14.2 Å². The zero-order valence-electron chi connectivity index (χ0n) is 17.6. The number of anilines is 1. The zero-order chi connectivity index (χ0) is 21.9. The van der Waals surface area contributed by atoms with E-state index < -0.39 is 10.0 Å². The molecule has 0 spiro atoms. The molecule has 0 saturated carbocycles. The summed E-state index contributed by atoms with van der Waals surface area (Å²) in [5.41, 5.74) is 0.536. The number of aryl methyl sites for hydroxylation is 2. The van der Waals surface area contributed by atoms with Gasteiger partial charge in [0.2, 0.25) is 0 Å². The number of methoxy groups -OCH3 is 2. The molecule has 0 atom stereocenters. The van der Waals surface area contributed by atoms with Crippen molar-refractivity contribution in [1.29, 1.82) is 0 Å². The number of aromatic nitrogens is 2. The SMILES string of the molecule is COc1cc(NC(=O)N2CCCN(S(=O)(=O)c3cn(C)c(C)n3)CC2)cc(OC)c1. The fourth-order valence-electron chi connectivity index (χ4n) is 3.20. The number of amides is 2. The van der Waals surface area contributed by atoms with Crippen molar-refractivity contribution >= 4 is 21.7 Å². The first-order valence-electron chi connectivity index (χ1n) is 9.53. The Morgan fingerprint density at radius 3 is 2.30 bits per heavy atom. The van der Waals surface area contributed by atoms with Crippen LogP contribution in [0.15, 0.2) is 29.4 Å². The molecule has 2 heterocycles. The maximum absolute atomic E-state index is 12.9. The van der Waals surface area contributed by atoms with E-state index in [2.05, 4.69) is 10.3 Å². The molecule has 1 N–H and O–H groups in total. The highest BCUT2D eigenvalue weighted by molar-refractivity contribution is 7.89. The molecule has 1 aliphatic heterocycles. The smallest absolute Gasteiger partial charge is 0.321 e. The van der Waals surface area contributed by atoms with E-state index in [1.54, 1.807) is 41.6 Å². The zero-order valence-corrected chi connectivity index (χ0v) is 18.4. The molecule has 1 saturated heterocycles. The van der Waals surface area contributed by atoms with Crippen molar-refractivity contribution < 1.29 is 22.7 Å². The van der Waals surface area contributed by atoms with E-state index >= 15 is 0 Å². The van der Waals surface area contributed by atoms with E-state index in [-0.39, 0.29) is 24.1 Å². The molecular formula is C19H27N5O5S. The number of hydrogen-bond acceptors (Lipinski definition) is 6. The van der Waals surface area contributed by atoms with Gasteiger partial charge in [-0.25, -0.2) is 18.2 Å². The van der Waals surface area contributed by atoms with Gasteiger partial charge in [-0.1, -0.05) is 0 Å². The van der Waals surface area contributed by atoms with E-state index in [0.717, 1.165) is 0 Å². The lowest BCUT2D eigenvalue weighted by atomic mass is 10.2. The largest absolute Gasteiger partial charge is 0.497 e. The van der Waals surface area contributed by atoms with Gasteiger partial charge in [0.15, 0.2) is 5.03 Å². The lowest BCUT2D eigenvalue weighted by Gasteiger charge is -2.22. The molecule has 0 radical (unpaired) electrons. The van der Waals surface area contributed by atoms with Gasteiger partial charge in [-0.15, -0.1) is 0 Å². The van der Waals surface area contributed by atoms with Crippen LogP contribution >= 0.6 is 0 Å². The van der Waals surface area contributed by atoms with Crippen molar-refractivity contribution in [3.8, 4) is 11.5 Å². The molecule has 2 amide bonds. The Bertz CT molecular complexity index is 979. The molecule has 11 heteroatoms. The maximum Gasteiger partial charge on any atom is 0.321 e. The Kier molecular flexibility index (Phi) is 6.52. The van der Waals surface area contributed by atoms with Crippen LogP contribution in [0.2, 0.25) is 0 Å². The highest BCUT2D eigenvalue weighted by Gasteiger charge is 2.30. The Morgan fingerprint density at radius 2 is 1.73 bits per heavy atom. The first kappa shape index (κ1) is 21.9. The molecule has 2 aromatic rings.